The van der Waals surface area contributed by atoms with E-state index >= 15 is 0 Å². The van der Waals surface area contributed by atoms with E-state index in [0.29, 0.717) is 21.0 Å². The first-order valence-electron chi connectivity index (χ1n) is 3.56. The quantitative estimate of drug-likeness (QED) is 0.742. The molecule has 0 unspecified atom stereocenters. The van der Waals surface area contributed by atoms with Gasteiger partial charge in [0, 0.05) is 4.88 Å². The lowest BCUT2D eigenvalue weighted by Gasteiger charge is -1.92. The molecular formula is C8H8N2O2S. The molecule has 0 radical (unpaired) electrons. The van der Waals surface area contributed by atoms with E-state index in [0.717, 1.165) is 0 Å². The maximum absolute atomic E-state index is 10.4. The van der Waals surface area contributed by atoms with Crippen LogP contribution >= 0.6 is 11.3 Å². The maximum Gasteiger partial charge on any atom is 0.308 e. The van der Waals surface area contributed by atoms with Crippen LogP contribution in [0.2, 0.25) is 0 Å². The van der Waals surface area contributed by atoms with Crippen molar-refractivity contribution < 1.29 is 9.90 Å². The normalized spacial score (nSPS) is 9.54. The number of thiophene rings is 1. The standard InChI is InChI=1S/C8H8N2O2S/c1-4-5(3-9)8(10)13-6(4)2-7(11)12/h2,10H2,1H3,(H,11,12). The summed E-state index contributed by atoms with van der Waals surface area (Å²) < 4.78 is 0. The highest BCUT2D eigenvalue weighted by molar-refractivity contribution is 7.16. The van der Waals surface area contributed by atoms with Crippen molar-refractivity contribution in [2.45, 2.75) is 13.3 Å². The van der Waals surface area contributed by atoms with Gasteiger partial charge in [0.05, 0.1) is 12.0 Å². The van der Waals surface area contributed by atoms with Crippen molar-refractivity contribution in [2.75, 3.05) is 5.73 Å². The summed E-state index contributed by atoms with van der Waals surface area (Å²) in [5, 5.41) is 17.6. The number of nitrogens with two attached hydrogens (primary N) is 1. The minimum absolute atomic E-state index is 0.0671. The number of hydrogen-bond donors (Lipinski definition) is 2. The third-order valence-corrected chi connectivity index (χ3v) is 2.82. The molecule has 68 valence electrons. The SMILES string of the molecule is Cc1c(CC(=O)O)sc(N)c1C#N. The van der Waals surface area contributed by atoms with Crippen molar-refractivity contribution in [3.05, 3.63) is 16.0 Å². The van der Waals surface area contributed by atoms with Gasteiger partial charge in [-0.05, 0) is 12.5 Å². The minimum atomic E-state index is -0.908. The van der Waals surface area contributed by atoms with Crippen LogP contribution in [0.5, 0.6) is 0 Å². The van der Waals surface area contributed by atoms with Crippen molar-refractivity contribution in [1.29, 1.82) is 5.26 Å². The average Bonchev–Trinajstić information content (AvgIpc) is 2.26. The summed E-state index contributed by atoms with van der Waals surface area (Å²) in [4.78, 5) is 11.1. The molecule has 0 saturated carbocycles. The number of carbonyl (C=O) groups is 1. The fraction of sp³-hybridized carbons (Fsp3) is 0.250. The summed E-state index contributed by atoms with van der Waals surface area (Å²) in [6.07, 6.45) is -0.0671. The molecule has 1 aromatic heterocycles. The Labute approximate surface area is 79.2 Å². The molecule has 1 heterocycles. The van der Waals surface area contributed by atoms with Gasteiger partial charge in [0.15, 0.2) is 0 Å². The van der Waals surface area contributed by atoms with E-state index in [1.807, 2.05) is 6.07 Å². The molecule has 0 aliphatic heterocycles. The Morgan fingerprint density at radius 1 is 1.77 bits per heavy atom. The number of hydrogen-bond acceptors (Lipinski definition) is 4. The van der Waals surface area contributed by atoms with Crippen LogP contribution in [0, 0.1) is 18.3 Å². The molecule has 5 heteroatoms. The van der Waals surface area contributed by atoms with Gasteiger partial charge in [0.2, 0.25) is 0 Å². The van der Waals surface area contributed by atoms with Gasteiger partial charge < -0.3 is 10.8 Å². The van der Waals surface area contributed by atoms with Gasteiger partial charge in [-0.25, -0.2) is 0 Å². The van der Waals surface area contributed by atoms with Crippen LogP contribution in [0.15, 0.2) is 0 Å². The lowest BCUT2D eigenvalue weighted by Crippen LogP contribution is -1.99. The molecule has 0 aromatic carbocycles. The number of nitriles is 1. The first kappa shape index (κ1) is 9.55. The Kier molecular flexibility index (Phi) is 2.54. The topological polar surface area (TPSA) is 87.1 Å². The van der Waals surface area contributed by atoms with Crippen LogP contribution in [0.3, 0.4) is 0 Å². The van der Waals surface area contributed by atoms with E-state index in [1.165, 1.54) is 11.3 Å². The summed E-state index contributed by atoms with van der Waals surface area (Å²) in [7, 11) is 0. The Balaban J connectivity index is 3.12. The van der Waals surface area contributed by atoms with E-state index in [2.05, 4.69) is 0 Å². The van der Waals surface area contributed by atoms with Crippen molar-refractivity contribution >= 4 is 22.3 Å². The van der Waals surface area contributed by atoms with Gasteiger partial charge in [-0.3, -0.25) is 4.79 Å². The van der Waals surface area contributed by atoms with Gasteiger partial charge in [-0.1, -0.05) is 0 Å². The molecule has 0 saturated heterocycles. The smallest absolute Gasteiger partial charge is 0.308 e. The molecule has 0 aliphatic rings. The van der Waals surface area contributed by atoms with Gasteiger partial charge in [0.1, 0.15) is 11.1 Å². The Bertz CT molecular complexity index is 390. The third-order valence-electron chi connectivity index (χ3n) is 1.70. The maximum atomic E-state index is 10.4. The Morgan fingerprint density at radius 2 is 2.38 bits per heavy atom. The molecule has 4 nitrogen and oxygen atoms in total. The highest BCUT2D eigenvalue weighted by Gasteiger charge is 2.14. The molecule has 0 bridgehead atoms. The van der Waals surface area contributed by atoms with Crippen molar-refractivity contribution in [3.8, 4) is 6.07 Å². The molecule has 0 atom stereocenters. The first-order chi connectivity index (χ1) is 6.06. The average molecular weight is 196 g/mol. The molecule has 0 aliphatic carbocycles. The fourth-order valence-electron chi connectivity index (χ4n) is 1.03. The Morgan fingerprint density at radius 3 is 2.77 bits per heavy atom. The van der Waals surface area contributed by atoms with Crippen molar-refractivity contribution in [2.24, 2.45) is 0 Å². The van der Waals surface area contributed by atoms with E-state index < -0.39 is 5.97 Å². The highest BCUT2D eigenvalue weighted by atomic mass is 32.1. The zero-order chi connectivity index (χ0) is 10.0. The number of carboxylic acids is 1. The van der Waals surface area contributed by atoms with E-state index in [9.17, 15) is 4.79 Å². The van der Waals surface area contributed by atoms with Crippen LogP contribution in [0.1, 0.15) is 16.0 Å². The largest absolute Gasteiger partial charge is 0.481 e. The highest BCUT2D eigenvalue weighted by Crippen LogP contribution is 2.29. The molecule has 0 amide bonds. The van der Waals surface area contributed by atoms with Crippen LogP contribution in [-0.2, 0) is 11.2 Å². The third kappa shape index (κ3) is 1.79. The Hall–Kier alpha value is -1.54. The van der Waals surface area contributed by atoms with E-state index in [-0.39, 0.29) is 6.42 Å². The van der Waals surface area contributed by atoms with Crippen molar-refractivity contribution in [3.63, 3.8) is 0 Å². The molecular weight excluding hydrogens is 188 g/mol. The second-order valence-electron chi connectivity index (χ2n) is 2.57. The first-order valence-corrected chi connectivity index (χ1v) is 4.37. The lowest BCUT2D eigenvalue weighted by atomic mass is 10.1. The minimum Gasteiger partial charge on any atom is -0.481 e. The zero-order valence-corrected chi connectivity index (χ0v) is 7.81. The zero-order valence-electron chi connectivity index (χ0n) is 7.00. The van der Waals surface area contributed by atoms with Gasteiger partial charge in [-0.2, -0.15) is 5.26 Å². The van der Waals surface area contributed by atoms with E-state index in [4.69, 9.17) is 16.1 Å². The van der Waals surface area contributed by atoms with E-state index in [1.54, 1.807) is 6.92 Å². The lowest BCUT2D eigenvalue weighted by molar-refractivity contribution is -0.136. The number of anilines is 1. The summed E-state index contributed by atoms with van der Waals surface area (Å²) >= 11 is 1.17. The second-order valence-corrected chi connectivity index (χ2v) is 3.71. The molecule has 13 heavy (non-hydrogen) atoms. The van der Waals surface area contributed by atoms with Gasteiger partial charge >= 0.3 is 5.97 Å². The molecule has 1 aromatic rings. The molecule has 3 N–H and O–H groups in total. The fourth-order valence-corrected chi connectivity index (χ4v) is 2.05. The monoisotopic (exact) mass is 196 g/mol. The number of nitrogens with zero attached hydrogens (tertiary/aromatic N) is 1. The number of carboxylic acid groups (broad SMARTS) is 1. The molecule has 0 fully saturated rings. The molecule has 0 spiro atoms. The van der Waals surface area contributed by atoms with Crippen LogP contribution < -0.4 is 5.73 Å². The van der Waals surface area contributed by atoms with Crippen LogP contribution in [0.25, 0.3) is 0 Å². The summed E-state index contributed by atoms with van der Waals surface area (Å²) in [6, 6.07) is 1.95. The second kappa shape index (κ2) is 3.46. The van der Waals surface area contributed by atoms with Gasteiger partial charge in [-0.15, -0.1) is 11.3 Å². The summed E-state index contributed by atoms with van der Waals surface area (Å²) in [5.41, 5.74) is 6.62. The summed E-state index contributed by atoms with van der Waals surface area (Å²) in [6.45, 7) is 1.71. The van der Waals surface area contributed by atoms with Crippen LogP contribution in [-0.4, -0.2) is 11.1 Å². The van der Waals surface area contributed by atoms with Crippen LogP contribution in [0.4, 0.5) is 5.00 Å². The van der Waals surface area contributed by atoms with Gasteiger partial charge in [0.25, 0.3) is 0 Å². The molecule has 1 rings (SSSR count). The predicted octanol–water partition coefficient (Wildman–Crippen LogP) is 1.14. The summed E-state index contributed by atoms with van der Waals surface area (Å²) in [5.74, 6) is -0.908. The number of aliphatic carboxylic acids is 1. The number of rotatable bonds is 2. The predicted molar refractivity (Wildman–Crippen MR) is 49.5 cm³/mol. The number of nitrogen functional groups attached to an aromatic ring is 1. The van der Waals surface area contributed by atoms with Crippen molar-refractivity contribution in [1.82, 2.24) is 0 Å².